The molecule has 1 atom stereocenters. The van der Waals surface area contributed by atoms with Gasteiger partial charge in [0, 0.05) is 6.42 Å². The molecule has 3 N–H and O–H groups in total. The molecule has 0 saturated carbocycles. The first kappa shape index (κ1) is 16.4. The Bertz CT molecular complexity index is 615. The molecular formula is C11H12ClNO6S. The fourth-order valence-electron chi connectivity index (χ4n) is 1.41. The van der Waals surface area contributed by atoms with E-state index in [-0.39, 0.29) is 16.3 Å². The normalized spacial score (nSPS) is 12.8. The average molecular weight is 322 g/mol. The van der Waals surface area contributed by atoms with Crippen LogP contribution in [0.25, 0.3) is 0 Å². The van der Waals surface area contributed by atoms with Crippen molar-refractivity contribution in [1.29, 1.82) is 0 Å². The van der Waals surface area contributed by atoms with Gasteiger partial charge in [0.15, 0.2) is 0 Å². The molecule has 0 amide bonds. The first-order valence-electron chi connectivity index (χ1n) is 5.45. The van der Waals surface area contributed by atoms with E-state index in [1.54, 1.807) is 0 Å². The number of hydrogen-bond donors (Lipinski definition) is 3. The molecule has 0 saturated heterocycles. The Balaban J connectivity index is 2.95. The van der Waals surface area contributed by atoms with Crippen molar-refractivity contribution in [2.24, 2.45) is 0 Å². The van der Waals surface area contributed by atoms with E-state index < -0.39 is 34.4 Å². The molecule has 1 aromatic carbocycles. The summed E-state index contributed by atoms with van der Waals surface area (Å²) >= 11 is 5.74. The van der Waals surface area contributed by atoms with E-state index in [2.05, 4.69) is 0 Å². The van der Waals surface area contributed by atoms with Crippen LogP contribution in [0.5, 0.6) is 0 Å². The summed E-state index contributed by atoms with van der Waals surface area (Å²) in [5.74, 6) is -2.67. The number of benzene rings is 1. The first-order valence-corrected chi connectivity index (χ1v) is 7.31. The SMILES string of the molecule is O=C(O)CCC(NS(=O)(=O)c1ccccc1Cl)C(=O)O. The van der Waals surface area contributed by atoms with Gasteiger partial charge in [0.25, 0.3) is 0 Å². The maximum atomic E-state index is 12.0. The lowest BCUT2D eigenvalue weighted by Gasteiger charge is -2.14. The Morgan fingerprint density at radius 3 is 2.35 bits per heavy atom. The second-order valence-corrected chi connectivity index (χ2v) is 5.96. The van der Waals surface area contributed by atoms with Crippen LogP contribution in [0.3, 0.4) is 0 Å². The summed E-state index contributed by atoms with van der Waals surface area (Å²) in [6.07, 6.45) is -0.837. The van der Waals surface area contributed by atoms with Crippen LogP contribution in [0.15, 0.2) is 29.2 Å². The van der Waals surface area contributed by atoms with Crippen LogP contribution in [-0.2, 0) is 19.6 Å². The standard InChI is InChI=1S/C11H12ClNO6S/c12-7-3-1-2-4-9(7)20(18,19)13-8(11(16)17)5-6-10(14)15/h1-4,8,13H,5-6H2,(H,14,15)(H,16,17). The molecular weight excluding hydrogens is 310 g/mol. The molecule has 9 heteroatoms. The maximum absolute atomic E-state index is 12.0. The summed E-state index contributed by atoms with van der Waals surface area (Å²) < 4.78 is 25.9. The summed E-state index contributed by atoms with van der Waals surface area (Å²) in [7, 11) is -4.14. The average Bonchev–Trinajstić information content (AvgIpc) is 2.34. The Morgan fingerprint density at radius 1 is 1.25 bits per heavy atom. The smallest absolute Gasteiger partial charge is 0.321 e. The van der Waals surface area contributed by atoms with Gasteiger partial charge in [-0.05, 0) is 18.6 Å². The molecule has 0 heterocycles. The molecule has 20 heavy (non-hydrogen) atoms. The van der Waals surface area contributed by atoms with Gasteiger partial charge in [-0.2, -0.15) is 4.72 Å². The molecule has 1 rings (SSSR count). The van der Waals surface area contributed by atoms with Crippen LogP contribution in [-0.4, -0.2) is 36.6 Å². The van der Waals surface area contributed by atoms with Crippen LogP contribution in [0.1, 0.15) is 12.8 Å². The Hall–Kier alpha value is -1.64. The quantitative estimate of drug-likeness (QED) is 0.687. The van der Waals surface area contributed by atoms with Crippen molar-refractivity contribution in [2.45, 2.75) is 23.8 Å². The van der Waals surface area contributed by atoms with E-state index in [1.165, 1.54) is 24.3 Å². The van der Waals surface area contributed by atoms with Crippen molar-refractivity contribution >= 4 is 33.6 Å². The zero-order chi connectivity index (χ0) is 15.3. The van der Waals surface area contributed by atoms with Crippen molar-refractivity contribution < 1.29 is 28.2 Å². The third-order valence-electron chi connectivity index (χ3n) is 2.37. The third kappa shape index (κ3) is 4.48. The van der Waals surface area contributed by atoms with Gasteiger partial charge in [0.05, 0.1) is 5.02 Å². The lowest BCUT2D eigenvalue weighted by Crippen LogP contribution is -2.41. The van der Waals surface area contributed by atoms with Gasteiger partial charge in [-0.25, -0.2) is 8.42 Å². The molecule has 7 nitrogen and oxygen atoms in total. The molecule has 1 unspecified atom stereocenters. The van der Waals surface area contributed by atoms with Crippen molar-refractivity contribution in [3.05, 3.63) is 29.3 Å². The van der Waals surface area contributed by atoms with Crippen molar-refractivity contribution in [3.8, 4) is 0 Å². The minimum absolute atomic E-state index is 0.0534. The monoisotopic (exact) mass is 321 g/mol. The Labute approximate surface area is 120 Å². The highest BCUT2D eigenvalue weighted by molar-refractivity contribution is 7.89. The number of rotatable bonds is 7. The van der Waals surface area contributed by atoms with E-state index in [0.717, 1.165) is 0 Å². The van der Waals surface area contributed by atoms with Gasteiger partial charge in [-0.3, -0.25) is 9.59 Å². The summed E-state index contributed by atoms with van der Waals surface area (Å²) in [5.41, 5.74) is 0. The van der Waals surface area contributed by atoms with Gasteiger partial charge < -0.3 is 10.2 Å². The highest BCUT2D eigenvalue weighted by Gasteiger charge is 2.27. The molecule has 0 fully saturated rings. The number of nitrogens with one attached hydrogen (secondary N) is 1. The van der Waals surface area contributed by atoms with Crippen LogP contribution in [0.4, 0.5) is 0 Å². The third-order valence-corrected chi connectivity index (χ3v) is 4.34. The topological polar surface area (TPSA) is 121 Å². The van der Waals surface area contributed by atoms with Crippen LogP contribution in [0.2, 0.25) is 5.02 Å². The molecule has 0 aliphatic heterocycles. The summed E-state index contributed by atoms with van der Waals surface area (Å²) in [6, 6.07) is 4.00. The molecule has 0 aliphatic carbocycles. The van der Waals surface area contributed by atoms with Crippen LogP contribution < -0.4 is 4.72 Å². The molecule has 0 bridgehead atoms. The second-order valence-electron chi connectivity index (χ2n) is 3.87. The zero-order valence-corrected chi connectivity index (χ0v) is 11.7. The summed E-state index contributed by atoms with van der Waals surface area (Å²) in [5, 5.41) is 17.4. The van der Waals surface area contributed by atoms with Crippen molar-refractivity contribution in [3.63, 3.8) is 0 Å². The minimum Gasteiger partial charge on any atom is -0.481 e. The Morgan fingerprint density at radius 2 is 1.85 bits per heavy atom. The first-order chi connectivity index (χ1) is 9.24. The maximum Gasteiger partial charge on any atom is 0.321 e. The number of halogens is 1. The van der Waals surface area contributed by atoms with Gasteiger partial charge in [0.2, 0.25) is 10.0 Å². The predicted molar refractivity (Wildman–Crippen MR) is 70.1 cm³/mol. The zero-order valence-electron chi connectivity index (χ0n) is 10.1. The molecule has 0 aliphatic rings. The number of hydrogen-bond acceptors (Lipinski definition) is 4. The van der Waals surface area contributed by atoms with Crippen molar-refractivity contribution in [2.75, 3.05) is 0 Å². The van der Waals surface area contributed by atoms with E-state index in [1.807, 2.05) is 4.72 Å². The molecule has 110 valence electrons. The van der Waals surface area contributed by atoms with Crippen LogP contribution >= 0.6 is 11.6 Å². The summed E-state index contributed by atoms with van der Waals surface area (Å²) in [4.78, 5) is 21.1. The number of sulfonamides is 1. The predicted octanol–water partition coefficient (Wildman–Crippen LogP) is 0.936. The summed E-state index contributed by atoms with van der Waals surface area (Å²) in [6.45, 7) is 0. The highest BCUT2D eigenvalue weighted by Crippen LogP contribution is 2.20. The fraction of sp³-hybridized carbons (Fsp3) is 0.273. The fourth-order valence-corrected chi connectivity index (χ4v) is 3.16. The number of carboxylic acids is 2. The van der Waals surface area contributed by atoms with Crippen molar-refractivity contribution in [1.82, 2.24) is 4.72 Å². The van der Waals surface area contributed by atoms with E-state index >= 15 is 0 Å². The number of carbonyl (C=O) groups is 2. The minimum atomic E-state index is -4.14. The lowest BCUT2D eigenvalue weighted by molar-refractivity contribution is -0.140. The van der Waals surface area contributed by atoms with E-state index in [4.69, 9.17) is 21.8 Å². The lowest BCUT2D eigenvalue weighted by atomic mass is 10.2. The number of carboxylic acid groups (broad SMARTS) is 2. The second kappa shape index (κ2) is 6.69. The van der Waals surface area contributed by atoms with Gasteiger partial charge in [0.1, 0.15) is 10.9 Å². The molecule has 0 spiro atoms. The number of aliphatic carboxylic acids is 2. The Kier molecular flexibility index (Phi) is 5.49. The van der Waals surface area contributed by atoms with Gasteiger partial charge >= 0.3 is 11.9 Å². The molecule has 0 aromatic heterocycles. The molecule has 1 aromatic rings. The van der Waals surface area contributed by atoms with Gasteiger partial charge in [-0.15, -0.1) is 0 Å². The van der Waals surface area contributed by atoms with E-state index in [0.29, 0.717) is 0 Å². The van der Waals surface area contributed by atoms with Gasteiger partial charge in [-0.1, -0.05) is 23.7 Å². The largest absolute Gasteiger partial charge is 0.481 e. The molecule has 0 radical (unpaired) electrons. The highest BCUT2D eigenvalue weighted by atomic mass is 35.5. The van der Waals surface area contributed by atoms with Crippen LogP contribution in [0, 0.1) is 0 Å². The van der Waals surface area contributed by atoms with E-state index in [9.17, 15) is 18.0 Å².